The van der Waals surface area contributed by atoms with Crippen LogP contribution in [0, 0.1) is 5.82 Å². The molecule has 1 atom stereocenters. The van der Waals surface area contributed by atoms with E-state index in [1.165, 1.54) is 17.0 Å². The molecule has 0 heterocycles. The Hall–Kier alpha value is -2.60. The maximum Gasteiger partial charge on any atom is 0.242 e. The smallest absolute Gasteiger partial charge is 0.242 e. The molecule has 3 rings (SSSR count). The number of halogens is 4. The molecule has 0 saturated heterocycles. The van der Waals surface area contributed by atoms with E-state index in [-0.39, 0.29) is 37.1 Å². The molecular weight excluding hydrogens is 486 g/mol. The van der Waals surface area contributed by atoms with Crippen molar-refractivity contribution in [1.82, 2.24) is 10.2 Å². The third-order valence-electron chi connectivity index (χ3n) is 5.17. The average Bonchev–Trinajstić information content (AvgIpc) is 2.79. The fourth-order valence-corrected chi connectivity index (χ4v) is 3.84. The summed E-state index contributed by atoms with van der Waals surface area (Å²) in [5, 5.41) is 4.34. The van der Waals surface area contributed by atoms with Gasteiger partial charge in [0.25, 0.3) is 0 Å². The van der Waals surface area contributed by atoms with Crippen molar-refractivity contribution in [3.63, 3.8) is 0 Å². The van der Waals surface area contributed by atoms with Gasteiger partial charge in [-0.2, -0.15) is 0 Å². The average molecular weight is 508 g/mol. The number of amides is 2. The van der Waals surface area contributed by atoms with E-state index in [4.69, 9.17) is 34.8 Å². The van der Waals surface area contributed by atoms with Gasteiger partial charge >= 0.3 is 0 Å². The first-order valence-corrected chi connectivity index (χ1v) is 11.4. The Morgan fingerprint density at radius 2 is 1.52 bits per heavy atom. The molecule has 0 aliphatic carbocycles. The summed E-state index contributed by atoms with van der Waals surface area (Å²) in [6, 6.07) is 17.0. The standard InChI is InChI=1S/C25H22Cl3FN2O2/c1-16(25(33)30-14-19-6-9-21(27)13-23(19)28)31(15-18-4-10-22(29)11-5-18)24(32)12-17-2-7-20(26)8-3-17/h2-11,13,16H,12,14-15H2,1H3,(H,30,33)/t16-/m0/s1. The topological polar surface area (TPSA) is 49.4 Å². The molecule has 0 radical (unpaired) electrons. The van der Waals surface area contributed by atoms with Gasteiger partial charge in [0.1, 0.15) is 11.9 Å². The maximum atomic E-state index is 13.3. The van der Waals surface area contributed by atoms with Crippen molar-refractivity contribution in [3.05, 3.63) is 104 Å². The minimum atomic E-state index is -0.777. The lowest BCUT2D eigenvalue weighted by molar-refractivity contribution is -0.140. The summed E-state index contributed by atoms with van der Waals surface area (Å²) < 4.78 is 13.3. The second-order valence-electron chi connectivity index (χ2n) is 7.58. The van der Waals surface area contributed by atoms with Gasteiger partial charge in [-0.15, -0.1) is 0 Å². The number of rotatable bonds is 8. The lowest BCUT2D eigenvalue weighted by Gasteiger charge is -2.29. The third kappa shape index (κ3) is 7.19. The highest BCUT2D eigenvalue weighted by molar-refractivity contribution is 6.35. The van der Waals surface area contributed by atoms with Crippen molar-refractivity contribution >= 4 is 46.6 Å². The summed E-state index contributed by atoms with van der Waals surface area (Å²) in [4.78, 5) is 27.6. The number of hydrogen-bond donors (Lipinski definition) is 1. The first kappa shape index (κ1) is 25.0. The second-order valence-corrected chi connectivity index (χ2v) is 8.86. The molecule has 0 aliphatic heterocycles. The normalized spacial score (nSPS) is 11.7. The van der Waals surface area contributed by atoms with Gasteiger partial charge in [0.05, 0.1) is 6.42 Å². The summed E-state index contributed by atoms with van der Waals surface area (Å²) in [5.74, 6) is -0.954. The number of nitrogens with one attached hydrogen (secondary N) is 1. The van der Waals surface area contributed by atoms with Crippen molar-refractivity contribution in [2.24, 2.45) is 0 Å². The first-order chi connectivity index (χ1) is 15.7. The van der Waals surface area contributed by atoms with Crippen LogP contribution >= 0.6 is 34.8 Å². The molecule has 33 heavy (non-hydrogen) atoms. The Labute approximate surface area is 207 Å². The van der Waals surface area contributed by atoms with E-state index in [0.717, 1.165) is 5.56 Å². The number of carbonyl (C=O) groups excluding carboxylic acids is 2. The van der Waals surface area contributed by atoms with Crippen LogP contribution in [0.5, 0.6) is 0 Å². The Kier molecular flexibility index (Phi) is 8.73. The predicted octanol–water partition coefficient (Wildman–Crippen LogP) is 6.06. The van der Waals surface area contributed by atoms with Gasteiger partial charge in [-0.3, -0.25) is 9.59 Å². The van der Waals surface area contributed by atoms with Crippen LogP contribution in [0.15, 0.2) is 66.7 Å². The minimum absolute atomic E-state index is 0.0962. The Bertz CT molecular complexity index is 1120. The third-order valence-corrected chi connectivity index (χ3v) is 6.01. The Morgan fingerprint density at radius 3 is 2.15 bits per heavy atom. The Morgan fingerprint density at radius 1 is 0.909 bits per heavy atom. The van der Waals surface area contributed by atoms with E-state index in [1.54, 1.807) is 61.5 Å². The summed E-state index contributed by atoms with van der Waals surface area (Å²) in [5.41, 5.74) is 2.19. The molecule has 0 bridgehead atoms. The van der Waals surface area contributed by atoms with Crippen LogP contribution in [0.1, 0.15) is 23.6 Å². The second kappa shape index (κ2) is 11.5. The van der Waals surface area contributed by atoms with Crippen LogP contribution in [0.4, 0.5) is 4.39 Å². The fourth-order valence-electron chi connectivity index (χ4n) is 3.24. The molecule has 2 amide bonds. The number of hydrogen-bond acceptors (Lipinski definition) is 2. The predicted molar refractivity (Wildman–Crippen MR) is 130 cm³/mol. The number of carbonyl (C=O) groups is 2. The molecule has 4 nitrogen and oxygen atoms in total. The molecule has 0 aromatic heterocycles. The highest BCUT2D eigenvalue weighted by Crippen LogP contribution is 2.21. The molecule has 172 valence electrons. The van der Waals surface area contributed by atoms with Crippen molar-refractivity contribution in [3.8, 4) is 0 Å². The van der Waals surface area contributed by atoms with Crippen LogP contribution in [-0.4, -0.2) is 22.8 Å². The molecule has 0 saturated carbocycles. The zero-order valence-electron chi connectivity index (χ0n) is 17.8. The van der Waals surface area contributed by atoms with Crippen molar-refractivity contribution in [2.75, 3.05) is 0 Å². The molecule has 0 fully saturated rings. The molecule has 0 unspecified atom stereocenters. The van der Waals surface area contributed by atoms with Crippen molar-refractivity contribution < 1.29 is 14.0 Å². The van der Waals surface area contributed by atoms with Crippen LogP contribution in [0.25, 0.3) is 0 Å². The van der Waals surface area contributed by atoms with E-state index in [1.807, 2.05) is 0 Å². The molecule has 3 aromatic carbocycles. The molecule has 1 N–H and O–H groups in total. The van der Waals surface area contributed by atoms with Gasteiger partial charge in [0.2, 0.25) is 11.8 Å². The van der Waals surface area contributed by atoms with Gasteiger partial charge in [-0.05, 0) is 60.0 Å². The van der Waals surface area contributed by atoms with Gasteiger partial charge in [0, 0.05) is 28.2 Å². The number of nitrogens with zero attached hydrogens (tertiary/aromatic N) is 1. The molecule has 3 aromatic rings. The van der Waals surface area contributed by atoms with Gasteiger partial charge in [-0.25, -0.2) is 4.39 Å². The lowest BCUT2D eigenvalue weighted by atomic mass is 10.1. The van der Waals surface area contributed by atoms with E-state index in [9.17, 15) is 14.0 Å². The lowest BCUT2D eigenvalue weighted by Crippen LogP contribution is -2.48. The molecule has 0 spiro atoms. The SMILES string of the molecule is C[C@@H](C(=O)NCc1ccc(Cl)cc1Cl)N(Cc1ccc(F)cc1)C(=O)Cc1ccc(Cl)cc1. The molecule has 8 heteroatoms. The van der Waals surface area contributed by atoms with E-state index in [0.29, 0.717) is 26.2 Å². The number of benzene rings is 3. The summed E-state index contributed by atoms with van der Waals surface area (Å²) in [6.45, 7) is 2.00. The van der Waals surface area contributed by atoms with Crippen LogP contribution < -0.4 is 5.32 Å². The molecule has 0 aliphatic rings. The zero-order valence-corrected chi connectivity index (χ0v) is 20.1. The maximum absolute atomic E-state index is 13.3. The monoisotopic (exact) mass is 506 g/mol. The van der Waals surface area contributed by atoms with Crippen molar-refractivity contribution in [2.45, 2.75) is 32.5 Å². The summed E-state index contributed by atoms with van der Waals surface area (Å²) in [7, 11) is 0. The highest BCUT2D eigenvalue weighted by atomic mass is 35.5. The van der Waals surface area contributed by atoms with E-state index < -0.39 is 6.04 Å². The van der Waals surface area contributed by atoms with Crippen molar-refractivity contribution in [1.29, 1.82) is 0 Å². The van der Waals surface area contributed by atoms with E-state index >= 15 is 0 Å². The van der Waals surface area contributed by atoms with Gasteiger partial charge in [-0.1, -0.05) is 65.1 Å². The van der Waals surface area contributed by atoms with Crippen LogP contribution in [-0.2, 0) is 29.1 Å². The fraction of sp³-hybridized carbons (Fsp3) is 0.200. The summed E-state index contributed by atoms with van der Waals surface area (Å²) >= 11 is 18.0. The van der Waals surface area contributed by atoms with Gasteiger partial charge in [0.15, 0.2) is 0 Å². The van der Waals surface area contributed by atoms with Crippen LogP contribution in [0.3, 0.4) is 0 Å². The summed E-state index contributed by atoms with van der Waals surface area (Å²) in [6.07, 6.45) is 0.0962. The quantitative estimate of drug-likeness (QED) is 0.403. The first-order valence-electron chi connectivity index (χ1n) is 10.2. The van der Waals surface area contributed by atoms with E-state index in [2.05, 4.69) is 5.32 Å². The van der Waals surface area contributed by atoms with Crippen LogP contribution in [0.2, 0.25) is 15.1 Å². The Balaban J connectivity index is 1.75. The minimum Gasteiger partial charge on any atom is -0.350 e. The van der Waals surface area contributed by atoms with Gasteiger partial charge < -0.3 is 10.2 Å². The highest BCUT2D eigenvalue weighted by Gasteiger charge is 2.26. The molecular formula is C25H22Cl3FN2O2. The zero-order chi connectivity index (χ0) is 24.0. The largest absolute Gasteiger partial charge is 0.350 e.